The van der Waals surface area contributed by atoms with E-state index >= 15 is 0 Å². The van der Waals surface area contributed by atoms with E-state index in [-0.39, 0.29) is 17.5 Å². The van der Waals surface area contributed by atoms with E-state index in [9.17, 15) is 9.18 Å². The fourth-order valence-corrected chi connectivity index (χ4v) is 2.55. The molecule has 7 heteroatoms. The third-order valence-electron chi connectivity index (χ3n) is 3.21. The standard InChI is InChI=1S/C15H14ClFN4O/c1-15(2,17)9-20-10-5-3-4-6-11(10)21(14(20)22)12-7-8-18-13(16)19-12/h3-8H,9H2,1-2H3. The van der Waals surface area contributed by atoms with Crippen LogP contribution in [-0.2, 0) is 6.54 Å². The Balaban J connectivity index is 2.32. The van der Waals surface area contributed by atoms with Crippen LogP contribution in [0, 0.1) is 0 Å². The molecule has 0 amide bonds. The van der Waals surface area contributed by atoms with E-state index in [0.29, 0.717) is 16.9 Å². The molecular formula is C15H14ClFN4O. The lowest BCUT2D eigenvalue weighted by Gasteiger charge is -2.14. The zero-order chi connectivity index (χ0) is 15.9. The molecule has 0 aliphatic heterocycles. The van der Waals surface area contributed by atoms with Gasteiger partial charge in [-0.05, 0) is 37.6 Å². The van der Waals surface area contributed by atoms with Gasteiger partial charge in [0.2, 0.25) is 5.28 Å². The van der Waals surface area contributed by atoms with E-state index in [1.165, 1.54) is 29.2 Å². The van der Waals surface area contributed by atoms with Crippen LogP contribution in [0.2, 0.25) is 5.28 Å². The van der Waals surface area contributed by atoms with Gasteiger partial charge in [-0.15, -0.1) is 0 Å². The number of fused-ring (bicyclic) bond motifs is 1. The third kappa shape index (κ3) is 2.62. The first-order valence-corrected chi connectivity index (χ1v) is 7.13. The molecule has 3 rings (SSSR count). The molecule has 0 aliphatic rings. The van der Waals surface area contributed by atoms with Crippen molar-refractivity contribution in [3.63, 3.8) is 0 Å². The summed E-state index contributed by atoms with van der Waals surface area (Å²) in [5.41, 5.74) is -0.580. The Kier molecular flexibility index (Phi) is 3.48. The third-order valence-corrected chi connectivity index (χ3v) is 3.39. The predicted molar refractivity (Wildman–Crippen MR) is 83.3 cm³/mol. The van der Waals surface area contributed by atoms with Crippen LogP contribution < -0.4 is 5.69 Å². The first kappa shape index (κ1) is 14.7. The van der Waals surface area contributed by atoms with Gasteiger partial charge in [-0.2, -0.15) is 4.98 Å². The second-order valence-electron chi connectivity index (χ2n) is 5.60. The number of imidazole rings is 1. The Morgan fingerprint density at radius 2 is 1.91 bits per heavy atom. The van der Waals surface area contributed by atoms with Crippen molar-refractivity contribution < 1.29 is 4.39 Å². The second-order valence-corrected chi connectivity index (χ2v) is 5.93. The van der Waals surface area contributed by atoms with Crippen molar-refractivity contribution >= 4 is 22.6 Å². The maximum absolute atomic E-state index is 14.0. The summed E-state index contributed by atoms with van der Waals surface area (Å²) in [6.45, 7) is 2.83. The molecule has 0 saturated heterocycles. The van der Waals surface area contributed by atoms with Crippen molar-refractivity contribution in [1.29, 1.82) is 0 Å². The van der Waals surface area contributed by atoms with Crippen LogP contribution in [0.3, 0.4) is 0 Å². The zero-order valence-corrected chi connectivity index (χ0v) is 12.9. The normalized spacial score (nSPS) is 12.0. The highest BCUT2D eigenvalue weighted by Gasteiger charge is 2.22. The van der Waals surface area contributed by atoms with Crippen molar-refractivity contribution in [2.45, 2.75) is 26.1 Å². The molecule has 3 aromatic rings. The van der Waals surface area contributed by atoms with Crippen LogP contribution in [0.5, 0.6) is 0 Å². The number of hydrogen-bond acceptors (Lipinski definition) is 3. The minimum absolute atomic E-state index is 0.0435. The molecule has 0 saturated carbocycles. The number of nitrogens with zero attached hydrogens (tertiary/aromatic N) is 4. The highest BCUT2D eigenvalue weighted by molar-refractivity contribution is 6.28. The van der Waals surface area contributed by atoms with Crippen molar-refractivity contribution in [3.8, 4) is 5.82 Å². The van der Waals surface area contributed by atoms with Crippen LogP contribution in [0.1, 0.15) is 13.8 Å². The average molecular weight is 321 g/mol. The number of hydrogen-bond donors (Lipinski definition) is 0. The molecule has 22 heavy (non-hydrogen) atoms. The number of rotatable bonds is 3. The van der Waals surface area contributed by atoms with E-state index in [4.69, 9.17) is 11.6 Å². The molecule has 0 spiro atoms. The summed E-state index contributed by atoms with van der Waals surface area (Å²) < 4.78 is 16.9. The maximum atomic E-state index is 14.0. The number of benzene rings is 1. The summed E-state index contributed by atoms with van der Waals surface area (Å²) >= 11 is 5.81. The molecule has 2 aromatic heterocycles. The molecule has 2 heterocycles. The van der Waals surface area contributed by atoms with Gasteiger partial charge in [0.15, 0.2) is 0 Å². The minimum Gasteiger partial charge on any atom is -0.288 e. The summed E-state index contributed by atoms with van der Waals surface area (Å²) in [5.74, 6) is 0.358. The second kappa shape index (κ2) is 5.21. The largest absolute Gasteiger partial charge is 0.335 e. The van der Waals surface area contributed by atoms with Gasteiger partial charge in [0.1, 0.15) is 11.5 Å². The van der Waals surface area contributed by atoms with Crippen molar-refractivity contribution in [1.82, 2.24) is 19.1 Å². The fourth-order valence-electron chi connectivity index (χ4n) is 2.41. The van der Waals surface area contributed by atoms with Gasteiger partial charge in [-0.1, -0.05) is 12.1 Å². The summed E-state index contributed by atoms with van der Waals surface area (Å²) in [5, 5.41) is 0.0482. The van der Waals surface area contributed by atoms with E-state index in [0.717, 1.165) is 0 Å². The SMILES string of the molecule is CC(C)(F)Cn1c(=O)n(-c2ccnc(Cl)n2)c2ccccc21. The van der Waals surface area contributed by atoms with E-state index in [2.05, 4.69) is 9.97 Å². The summed E-state index contributed by atoms with van der Waals surface area (Å²) in [7, 11) is 0. The van der Waals surface area contributed by atoms with E-state index in [1.54, 1.807) is 24.3 Å². The molecule has 0 bridgehead atoms. The van der Waals surface area contributed by atoms with Gasteiger partial charge in [-0.3, -0.25) is 4.57 Å². The Labute approximate surface area is 131 Å². The molecule has 0 atom stereocenters. The first-order chi connectivity index (χ1) is 10.4. The topological polar surface area (TPSA) is 52.7 Å². The van der Waals surface area contributed by atoms with Gasteiger partial charge in [0.25, 0.3) is 0 Å². The lowest BCUT2D eigenvalue weighted by atomic mass is 10.2. The van der Waals surface area contributed by atoms with Crippen LogP contribution >= 0.6 is 11.6 Å². The molecule has 0 radical (unpaired) electrons. The lowest BCUT2D eigenvalue weighted by Crippen LogP contribution is -2.30. The monoisotopic (exact) mass is 320 g/mol. The zero-order valence-electron chi connectivity index (χ0n) is 12.1. The van der Waals surface area contributed by atoms with Gasteiger partial charge >= 0.3 is 5.69 Å². The highest BCUT2D eigenvalue weighted by Crippen LogP contribution is 2.20. The molecule has 0 aliphatic carbocycles. The molecular weight excluding hydrogens is 307 g/mol. The molecule has 114 valence electrons. The van der Waals surface area contributed by atoms with Crippen molar-refractivity contribution in [2.75, 3.05) is 0 Å². The Bertz CT molecular complexity index is 894. The van der Waals surface area contributed by atoms with E-state index in [1.807, 2.05) is 6.07 Å². The van der Waals surface area contributed by atoms with Gasteiger partial charge in [-0.25, -0.2) is 18.7 Å². The van der Waals surface area contributed by atoms with Gasteiger partial charge in [0.05, 0.1) is 17.6 Å². The number of aromatic nitrogens is 4. The van der Waals surface area contributed by atoms with E-state index < -0.39 is 5.67 Å². The summed E-state index contributed by atoms with van der Waals surface area (Å²) in [4.78, 5) is 20.6. The van der Waals surface area contributed by atoms with Crippen LogP contribution in [0.15, 0.2) is 41.3 Å². The predicted octanol–water partition coefficient (Wildman–Crippen LogP) is 2.98. The Hall–Kier alpha value is -2.21. The number of para-hydroxylation sites is 2. The minimum atomic E-state index is -1.51. The number of halogens is 2. The van der Waals surface area contributed by atoms with Crippen LogP contribution in [0.25, 0.3) is 16.9 Å². The first-order valence-electron chi connectivity index (χ1n) is 6.75. The maximum Gasteiger partial charge on any atom is 0.335 e. The van der Waals surface area contributed by atoms with Crippen LogP contribution in [-0.4, -0.2) is 24.8 Å². The molecule has 1 aromatic carbocycles. The quantitative estimate of drug-likeness (QED) is 0.697. The molecule has 0 N–H and O–H groups in total. The molecule has 0 unspecified atom stereocenters. The van der Waals surface area contributed by atoms with Crippen molar-refractivity contribution in [2.24, 2.45) is 0 Å². The highest BCUT2D eigenvalue weighted by atomic mass is 35.5. The average Bonchev–Trinajstić information content (AvgIpc) is 2.70. The summed E-state index contributed by atoms with van der Waals surface area (Å²) in [6.07, 6.45) is 1.47. The Morgan fingerprint density at radius 1 is 1.23 bits per heavy atom. The number of alkyl halides is 1. The fraction of sp³-hybridized carbons (Fsp3) is 0.267. The lowest BCUT2D eigenvalue weighted by molar-refractivity contribution is 0.186. The smallest absolute Gasteiger partial charge is 0.288 e. The summed E-state index contributed by atoms with van der Waals surface area (Å²) in [6, 6.07) is 8.77. The molecule has 5 nitrogen and oxygen atoms in total. The van der Waals surface area contributed by atoms with Crippen LogP contribution in [0.4, 0.5) is 4.39 Å². The Morgan fingerprint density at radius 3 is 2.55 bits per heavy atom. The van der Waals surface area contributed by atoms with Gasteiger partial charge < -0.3 is 0 Å². The van der Waals surface area contributed by atoms with Gasteiger partial charge in [0, 0.05) is 12.3 Å². The molecule has 0 fully saturated rings. The van der Waals surface area contributed by atoms with Crippen molar-refractivity contribution in [3.05, 3.63) is 52.3 Å².